The molecule has 0 saturated heterocycles. The van der Waals surface area contributed by atoms with Gasteiger partial charge in [-0.2, -0.15) is 8.42 Å². The Hall–Kier alpha value is -2.87. The molecule has 0 radical (unpaired) electrons. The van der Waals surface area contributed by atoms with E-state index in [-0.39, 0.29) is 11.5 Å². The largest absolute Gasteiger partial charge is 0.296 e. The maximum Gasteiger partial charge on any atom is 0.296 e. The number of thiazole rings is 1. The van der Waals surface area contributed by atoms with Gasteiger partial charge >= 0.3 is 0 Å². The average Bonchev–Trinajstić information content (AvgIpc) is 3.15. The summed E-state index contributed by atoms with van der Waals surface area (Å²) in [6, 6.07) is 18.8. The number of hydrogen-bond donors (Lipinski definition) is 0. The van der Waals surface area contributed by atoms with Gasteiger partial charge < -0.3 is 0 Å². The van der Waals surface area contributed by atoms with Crippen molar-refractivity contribution < 1.29 is 12.6 Å². The van der Waals surface area contributed by atoms with Crippen molar-refractivity contribution in [2.75, 3.05) is 6.61 Å². The Morgan fingerprint density at radius 3 is 2.35 bits per heavy atom. The van der Waals surface area contributed by atoms with Crippen LogP contribution in [0.15, 0.2) is 78.0 Å². The summed E-state index contributed by atoms with van der Waals surface area (Å²) >= 11 is 1.57. The molecule has 0 bridgehead atoms. The smallest absolute Gasteiger partial charge is 0.266 e. The number of aryl methyl sites for hydroxylation is 2. The van der Waals surface area contributed by atoms with E-state index in [1.54, 1.807) is 41.8 Å². The molecule has 0 saturated carbocycles. The molecular formula is C24H22N2O3S2. The molecule has 7 heteroatoms. The van der Waals surface area contributed by atoms with E-state index in [9.17, 15) is 8.42 Å². The molecule has 158 valence electrons. The molecule has 2 aromatic heterocycles. The van der Waals surface area contributed by atoms with Crippen LogP contribution in [0, 0.1) is 13.8 Å². The second-order valence-electron chi connectivity index (χ2n) is 7.19. The van der Waals surface area contributed by atoms with E-state index in [0.29, 0.717) is 6.42 Å². The highest BCUT2D eigenvalue weighted by Gasteiger charge is 2.16. The molecule has 0 aliphatic rings. The van der Waals surface area contributed by atoms with Crippen LogP contribution in [0.2, 0.25) is 0 Å². The minimum Gasteiger partial charge on any atom is -0.266 e. The number of rotatable bonds is 7. The van der Waals surface area contributed by atoms with Crippen molar-refractivity contribution >= 4 is 21.5 Å². The van der Waals surface area contributed by atoms with Gasteiger partial charge in [0.15, 0.2) is 0 Å². The van der Waals surface area contributed by atoms with Crippen molar-refractivity contribution in [2.45, 2.75) is 25.2 Å². The molecule has 31 heavy (non-hydrogen) atoms. The van der Waals surface area contributed by atoms with Crippen molar-refractivity contribution in [2.24, 2.45) is 0 Å². The summed E-state index contributed by atoms with van der Waals surface area (Å²) in [4.78, 5) is 10.3. The van der Waals surface area contributed by atoms with E-state index >= 15 is 0 Å². The lowest BCUT2D eigenvalue weighted by molar-refractivity contribution is 0.321. The average molecular weight is 451 g/mol. The zero-order valence-corrected chi connectivity index (χ0v) is 18.9. The Morgan fingerprint density at radius 2 is 1.61 bits per heavy atom. The maximum absolute atomic E-state index is 12.4. The van der Waals surface area contributed by atoms with Crippen LogP contribution < -0.4 is 0 Å². The fourth-order valence-electron chi connectivity index (χ4n) is 3.15. The molecule has 2 aromatic carbocycles. The maximum atomic E-state index is 12.4. The molecule has 4 rings (SSSR count). The second kappa shape index (κ2) is 9.09. The predicted octanol–water partition coefficient (Wildman–Crippen LogP) is 5.44. The molecule has 0 amide bonds. The van der Waals surface area contributed by atoms with Crippen LogP contribution in [0.25, 0.3) is 21.7 Å². The van der Waals surface area contributed by atoms with Crippen LogP contribution in [-0.2, 0) is 20.7 Å². The first kappa shape index (κ1) is 21.4. The normalized spacial score (nSPS) is 11.5. The molecule has 0 aliphatic carbocycles. The third kappa shape index (κ3) is 5.07. The topological polar surface area (TPSA) is 69.2 Å². The Bertz CT molecular complexity index is 1280. The minimum atomic E-state index is -3.78. The summed E-state index contributed by atoms with van der Waals surface area (Å²) in [6.07, 6.45) is 4.05. The number of benzene rings is 2. The predicted molar refractivity (Wildman–Crippen MR) is 124 cm³/mol. The van der Waals surface area contributed by atoms with E-state index in [0.717, 1.165) is 37.8 Å². The van der Waals surface area contributed by atoms with Gasteiger partial charge in [-0.25, -0.2) is 4.98 Å². The van der Waals surface area contributed by atoms with Crippen LogP contribution in [0.4, 0.5) is 0 Å². The minimum absolute atomic E-state index is 0.0442. The van der Waals surface area contributed by atoms with E-state index in [4.69, 9.17) is 9.17 Å². The van der Waals surface area contributed by atoms with Gasteiger partial charge in [0.2, 0.25) is 0 Å². The van der Waals surface area contributed by atoms with Crippen LogP contribution in [0.1, 0.15) is 16.1 Å². The highest BCUT2D eigenvalue weighted by molar-refractivity contribution is 7.86. The zero-order valence-electron chi connectivity index (χ0n) is 17.3. The Balaban J connectivity index is 1.47. The van der Waals surface area contributed by atoms with Crippen molar-refractivity contribution in [3.05, 3.63) is 89.2 Å². The molecule has 0 spiro atoms. The van der Waals surface area contributed by atoms with Crippen LogP contribution in [0.3, 0.4) is 0 Å². The molecule has 2 heterocycles. The van der Waals surface area contributed by atoms with Crippen molar-refractivity contribution in [1.82, 2.24) is 9.97 Å². The van der Waals surface area contributed by atoms with Crippen LogP contribution in [0.5, 0.6) is 0 Å². The molecule has 0 fully saturated rings. The monoisotopic (exact) mass is 450 g/mol. The summed E-state index contributed by atoms with van der Waals surface area (Å²) in [7, 11) is -3.78. The summed E-state index contributed by atoms with van der Waals surface area (Å²) in [5.74, 6) is 0. The first-order chi connectivity index (χ1) is 14.9. The molecule has 0 unspecified atom stereocenters. The van der Waals surface area contributed by atoms with E-state index in [2.05, 4.69) is 11.1 Å². The van der Waals surface area contributed by atoms with E-state index in [1.807, 2.05) is 50.4 Å². The Kier molecular flexibility index (Phi) is 6.27. The van der Waals surface area contributed by atoms with Gasteiger partial charge in [0.1, 0.15) is 5.01 Å². The highest BCUT2D eigenvalue weighted by Crippen LogP contribution is 2.30. The summed E-state index contributed by atoms with van der Waals surface area (Å²) in [5.41, 5.74) is 4.90. The van der Waals surface area contributed by atoms with Crippen molar-refractivity contribution in [3.63, 3.8) is 0 Å². The summed E-state index contributed by atoms with van der Waals surface area (Å²) < 4.78 is 30.0. The second-order valence-corrected chi connectivity index (χ2v) is 10.0. The van der Waals surface area contributed by atoms with Gasteiger partial charge in [0.25, 0.3) is 10.1 Å². The molecular weight excluding hydrogens is 428 g/mol. The van der Waals surface area contributed by atoms with Gasteiger partial charge in [0, 0.05) is 34.8 Å². The Morgan fingerprint density at radius 1 is 0.903 bits per heavy atom. The van der Waals surface area contributed by atoms with Crippen molar-refractivity contribution in [1.29, 1.82) is 0 Å². The lowest BCUT2D eigenvalue weighted by atomic mass is 10.1. The first-order valence-electron chi connectivity index (χ1n) is 9.85. The van der Waals surface area contributed by atoms with Crippen molar-refractivity contribution in [3.8, 4) is 21.7 Å². The number of nitrogens with zero attached hydrogens (tertiary/aromatic N) is 2. The number of aromatic nitrogens is 2. The molecule has 0 atom stereocenters. The van der Waals surface area contributed by atoms with E-state index in [1.165, 1.54) is 0 Å². The molecule has 4 aromatic rings. The number of pyridine rings is 1. The molecule has 0 aliphatic heterocycles. The molecule has 5 nitrogen and oxygen atoms in total. The van der Waals surface area contributed by atoms with Crippen LogP contribution >= 0.6 is 11.3 Å². The highest BCUT2D eigenvalue weighted by atomic mass is 32.2. The van der Waals surface area contributed by atoms with Crippen LogP contribution in [-0.4, -0.2) is 25.0 Å². The van der Waals surface area contributed by atoms with Gasteiger partial charge in [-0.1, -0.05) is 48.0 Å². The number of hydrogen-bond acceptors (Lipinski definition) is 6. The van der Waals surface area contributed by atoms with Gasteiger partial charge in [-0.05, 0) is 37.6 Å². The third-order valence-electron chi connectivity index (χ3n) is 4.87. The lowest BCUT2D eigenvalue weighted by Crippen LogP contribution is -2.09. The standard InChI is InChI=1S/C24H22N2O3S2/c1-17-8-10-22(11-9-17)31(27,28)29-13-12-23-18(2)30-24(26-23)21-14-20(15-25-16-21)19-6-4-3-5-7-19/h3-11,14-16H,12-13H2,1-2H3. The van der Waals surface area contributed by atoms with Gasteiger partial charge in [-0.3, -0.25) is 9.17 Å². The fourth-order valence-corrected chi connectivity index (χ4v) is 5.00. The third-order valence-corrected chi connectivity index (χ3v) is 7.26. The zero-order chi connectivity index (χ0) is 21.8. The summed E-state index contributed by atoms with van der Waals surface area (Å²) in [6.45, 7) is 3.94. The lowest BCUT2D eigenvalue weighted by Gasteiger charge is -2.05. The SMILES string of the molecule is Cc1ccc(S(=O)(=O)OCCc2nc(-c3cncc(-c4ccccc4)c3)sc2C)cc1. The van der Waals surface area contributed by atoms with E-state index < -0.39 is 10.1 Å². The van der Waals surface area contributed by atoms with Gasteiger partial charge in [-0.15, -0.1) is 11.3 Å². The summed E-state index contributed by atoms with van der Waals surface area (Å²) in [5, 5.41) is 0.860. The molecule has 0 N–H and O–H groups in total. The Labute approximate surface area is 186 Å². The fraction of sp³-hybridized carbons (Fsp3) is 0.167. The first-order valence-corrected chi connectivity index (χ1v) is 12.1. The quantitative estimate of drug-likeness (QED) is 0.351. The van der Waals surface area contributed by atoms with Gasteiger partial charge in [0.05, 0.1) is 17.2 Å².